The minimum absolute atomic E-state index is 0.00208. The molecule has 0 atom stereocenters. The average molecular weight is 296 g/mol. The fourth-order valence-corrected chi connectivity index (χ4v) is 1.72. The lowest BCUT2D eigenvalue weighted by molar-refractivity contribution is -0.384. The van der Waals surface area contributed by atoms with Crippen LogP contribution >= 0.6 is 0 Å². The number of non-ortho nitro benzene ring substituents is 1. The Morgan fingerprint density at radius 2 is 1.86 bits per heavy atom. The summed E-state index contributed by atoms with van der Waals surface area (Å²) in [6.07, 6.45) is 0. The number of hydrogen-bond acceptors (Lipinski definition) is 5. The maximum Gasteiger partial charge on any atom is 0.337 e. The number of nitro benzene ring substituents is 1. The first-order valence-electron chi connectivity index (χ1n) is 6.25. The molecule has 22 heavy (non-hydrogen) atoms. The maximum absolute atomic E-state index is 11.5. The Balaban J connectivity index is 2.31. The van der Waals surface area contributed by atoms with Gasteiger partial charge in [0.15, 0.2) is 0 Å². The molecule has 0 aliphatic heterocycles. The summed E-state index contributed by atoms with van der Waals surface area (Å²) in [6, 6.07) is 10.5. The van der Waals surface area contributed by atoms with E-state index in [1.807, 2.05) is 0 Å². The Kier molecular flexibility index (Phi) is 4.39. The molecule has 0 amide bonds. The highest BCUT2D eigenvalue weighted by Crippen LogP contribution is 2.15. The second kappa shape index (κ2) is 6.41. The molecule has 110 valence electrons. The summed E-state index contributed by atoms with van der Waals surface area (Å²) in [7, 11) is 1.29. The standard InChI is InChI=1S/C16H12N2O4/c1-22-16(19)13-6-9-15(17)12(10-13)5-2-11-3-7-14(8-4-11)18(20)21/h3-4,6-10H,17H2,1H3. The summed E-state index contributed by atoms with van der Waals surface area (Å²) < 4.78 is 4.64. The van der Waals surface area contributed by atoms with Crippen LogP contribution in [0.2, 0.25) is 0 Å². The van der Waals surface area contributed by atoms with E-state index in [0.717, 1.165) is 0 Å². The molecule has 0 aliphatic carbocycles. The minimum atomic E-state index is -0.477. The van der Waals surface area contributed by atoms with Crippen molar-refractivity contribution in [3.63, 3.8) is 0 Å². The molecule has 2 N–H and O–H groups in total. The van der Waals surface area contributed by atoms with Gasteiger partial charge in [0.05, 0.1) is 17.6 Å². The van der Waals surface area contributed by atoms with Crippen molar-refractivity contribution in [2.24, 2.45) is 0 Å². The number of benzene rings is 2. The number of nitrogens with zero attached hydrogens (tertiary/aromatic N) is 1. The molecule has 6 heteroatoms. The van der Waals surface area contributed by atoms with E-state index in [2.05, 4.69) is 16.6 Å². The number of methoxy groups -OCH3 is 1. The molecule has 0 saturated heterocycles. The number of nitro groups is 1. The summed E-state index contributed by atoms with van der Waals surface area (Å²) in [5.41, 5.74) is 7.69. The lowest BCUT2D eigenvalue weighted by atomic mass is 10.1. The van der Waals surface area contributed by atoms with E-state index >= 15 is 0 Å². The third-order valence-corrected chi connectivity index (χ3v) is 2.89. The number of carbonyl (C=O) groups is 1. The average Bonchev–Trinajstić information content (AvgIpc) is 2.53. The van der Waals surface area contributed by atoms with Gasteiger partial charge in [0.1, 0.15) is 0 Å². The van der Waals surface area contributed by atoms with Crippen LogP contribution in [-0.4, -0.2) is 18.0 Å². The smallest absolute Gasteiger partial charge is 0.337 e. The van der Waals surface area contributed by atoms with Crippen molar-refractivity contribution in [3.05, 3.63) is 69.3 Å². The quantitative estimate of drug-likeness (QED) is 0.302. The molecule has 2 aromatic carbocycles. The molecule has 0 bridgehead atoms. The van der Waals surface area contributed by atoms with E-state index in [9.17, 15) is 14.9 Å². The Morgan fingerprint density at radius 1 is 1.18 bits per heavy atom. The van der Waals surface area contributed by atoms with Crippen LogP contribution in [0.5, 0.6) is 0 Å². The van der Waals surface area contributed by atoms with Crippen molar-refractivity contribution >= 4 is 17.3 Å². The lowest BCUT2D eigenvalue weighted by Crippen LogP contribution is -2.02. The van der Waals surface area contributed by atoms with Crippen LogP contribution in [0, 0.1) is 22.0 Å². The van der Waals surface area contributed by atoms with Crippen molar-refractivity contribution in [1.82, 2.24) is 0 Å². The fourth-order valence-electron chi connectivity index (χ4n) is 1.72. The minimum Gasteiger partial charge on any atom is -0.465 e. The molecule has 0 fully saturated rings. The lowest BCUT2D eigenvalue weighted by Gasteiger charge is -2.02. The fraction of sp³-hybridized carbons (Fsp3) is 0.0625. The van der Waals surface area contributed by atoms with Crippen molar-refractivity contribution in [1.29, 1.82) is 0 Å². The Bertz CT molecular complexity index is 786. The normalized spacial score (nSPS) is 9.50. The number of carbonyl (C=O) groups excluding carboxylic acids is 1. The van der Waals surface area contributed by atoms with E-state index < -0.39 is 10.9 Å². The summed E-state index contributed by atoms with van der Waals surface area (Å²) in [5, 5.41) is 10.6. The SMILES string of the molecule is COC(=O)c1ccc(N)c(C#Cc2ccc([N+](=O)[O-])cc2)c1. The number of anilines is 1. The summed E-state index contributed by atoms with van der Waals surface area (Å²) in [4.78, 5) is 21.6. The van der Waals surface area contributed by atoms with Crippen LogP contribution < -0.4 is 5.73 Å². The highest BCUT2D eigenvalue weighted by molar-refractivity contribution is 5.90. The first-order valence-corrected chi connectivity index (χ1v) is 6.25. The molecule has 2 aromatic rings. The van der Waals surface area contributed by atoms with E-state index in [0.29, 0.717) is 22.4 Å². The highest BCUT2D eigenvalue weighted by Gasteiger charge is 2.07. The molecule has 0 saturated carbocycles. The zero-order valence-electron chi connectivity index (χ0n) is 11.7. The predicted molar refractivity (Wildman–Crippen MR) is 81.3 cm³/mol. The van der Waals surface area contributed by atoms with Gasteiger partial charge in [-0.2, -0.15) is 0 Å². The zero-order valence-corrected chi connectivity index (χ0v) is 11.7. The first-order chi connectivity index (χ1) is 10.5. The summed E-state index contributed by atoms with van der Waals surface area (Å²) in [5.74, 6) is 5.22. The van der Waals surface area contributed by atoms with Gasteiger partial charge in [0.25, 0.3) is 5.69 Å². The molecule has 0 radical (unpaired) electrons. The van der Waals surface area contributed by atoms with Gasteiger partial charge in [-0.3, -0.25) is 10.1 Å². The highest BCUT2D eigenvalue weighted by atomic mass is 16.6. The molecule has 6 nitrogen and oxygen atoms in total. The number of ether oxygens (including phenoxy) is 1. The number of hydrogen-bond donors (Lipinski definition) is 1. The largest absolute Gasteiger partial charge is 0.465 e. The molecule has 0 aromatic heterocycles. The summed E-state index contributed by atoms with van der Waals surface area (Å²) >= 11 is 0. The molecule has 0 aliphatic rings. The number of nitrogens with two attached hydrogens (primary N) is 1. The molecular weight excluding hydrogens is 284 g/mol. The van der Waals surface area contributed by atoms with Crippen LogP contribution in [0.3, 0.4) is 0 Å². The van der Waals surface area contributed by atoms with E-state index in [4.69, 9.17) is 5.73 Å². The topological polar surface area (TPSA) is 95.5 Å². The van der Waals surface area contributed by atoms with Gasteiger partial charge in [-0.1, -0.05) is 11.8 Å². The van der Waals surface area contributed by atoms with Gasteiger partial charge in [-0.05, 0) is 30.3 Å². The first kappa shape index (κ1) is 15.1. The molecule has 2 rings (SSSR count). The van der Waals surface area contributed by atoms with Gasteiger partial charge in [0, 0.05) is 28.9 Å². The second-order valence-electron chi connectivity index (χ2n) is 4.35. The van der Waals surface area contributed by atoms with Gasteiger partial charge in [-0.15, -0.1) is 0 Å². The van der Waals surface area contributed by atoms with Crippen LogP contribution in [0.25, 0.3) is 0 Å². The van der Waals surface area contributed by atoms with Crippen LogP contribution in [0.1, 0.15) is 21.5 Å². The van der Waals surface area contributed by atoms with E-state index in [-0.39, 0.29) is 5.69 Å². The van der Waals surface area contributed by atoms with Crippen LogP contribution in [0.4, 0.5) is 11.4 Å². The number of esters is 1. The number of nitrogen functional groups attached to an aromatic ring is 1. The van der Waals surface area contributed by atoms with Crippen molar-refractivity contribution in [2.45, 2.75) is 0 Å². The van der Waals surface area contributed by atoms with Crippen molar-refractivity contribution in [2.75, 3.05) is 12.8 Å². The Labute approximate surface area is 126 Å². The molecular formula is C16H12N2O4. The monoisotopic (exact) mass is 296 g/mol. The van der Waals surface area contributed by atoms with E-state index in [1.54, 1.807) is 30.3 Å². The zero-order chi connectivity index (χ0) is 16.1. The van der Waals surface area contributed by atoms with Crippen LogP contribution in [0.15, 0.2) is 42.5 Å². The number of rotatable bonds is 2. The van der Waals surface area contributed by atoms with Crippen LogP contribution in [-0.2, 0) is 4.74 Å². The van der Waals surface area contributed by atoms with Crippen molar-refractivity contribution < 1.29 is 14.5 Å². The van der Waals surface area contributed by atoms with Gasteiger partial charge in [-0.25, -0.2) is 4.79 Å². The third kappa shape index (κ3) is 3.41. The Hall–Kier alpha value is -3.33. The van der Waals surface area contributed by atoms with Gasteiger partial charge >= 0.3 is 5.97 Å². The maximum atomic E-state index is 11.5. The summed E-state index contributed by atoms with van der Waals surface area (Å²) in [6.45, 7) is 0. The molecule has 0 spiro atoms. The van der Waals surface area contributed by atoms with Gasteiger partial charge in [0.2, 0.25) is 0 Å². The van der Waals surface area contributed by atoms with E-state index in [1.165, 1.54) is 19.2 Å². The predicted octanol–water partition coefficient (Wildman–Crippen LogP) is 2.36. The van der Waals surface area contributed by atoms with Crippen molar-refractivity contribution in [3.8, 4) is 11.8 Å². The third-order valence-electron chi connectivity index (χ3n) is 2.89. The van der Waals surface area contributed by atoms with Gasteiger partial charge < -0.3 is 10.5 Å². The Morgan fingerprint density at radius 3 is 2.45 bits per heavy atom. The molecule has 0 unspecified atom stereocenters. The second-order valence-corrected chi connectivity index (χ2v) is 4.35. The molecule has 0 heterocycles.